The average Bonchev–Trinajstić information content (AvgIpc) is 0.879. The van der Waals surface area contributed by atoms with Gasteiger partial charge in [-0.25, -0.2) is 0 Å². The van der Waals surface area contributed by atoms with Crippen molar-refractivity contribution in [2.45, 2.75) is 272 Å². The third kappa shape index (κ3) is 57.6. The summed E-state index contributed by atoms with van der Waals surface area (Å²) in [7, 11) is 3.32. The first-order valence-electron chi connectivity index (χ1n) is 44.8. The van der Waals surface area contributed by atoms with E-state index < -0.39 is 0 Å². The van der Waals surface area contributed by atoms with Crippen LogP contribution in [-0.2, 0) is 19.2 Å². The number of carbonyl (C=O) groups is 4. The van der Waals surface area contributed by atoms with Gasteiger partial charge < -0.3 is 72.2 Å². The summed E-state index contributed by atoms with van der Waals surface area (Å²) in [4.78, 5) is 46.3. The molecule has 0 aliphatic heterocycles. The fourth-order valence-corrected chi connectivity index (χ4v) is 12.3. The molecule has 0 aliphatic carbocycles. The third-order valence-electron chi connectivity index (χ3n) is 19.4. The Morgan fingerprint density at radius 3 is 0.661 bits per heavy atom. The number of benzene rings is 9. The van der Waals surface area contributed by atoms with Gasteiger partial charge in [-0.05, 0) is 226 Å². The average molecular weight is 1660 g/mol. The van der Waals surface area contributed by atoms with Gasteiger partial charge in [-0.3, -0.25) is 19.2 Å². The molecule has 0 bridgehead atoms. The van der Waals surface area contributed by atoms with Crippen molar-refractivity contribution in [3.63, 3.8) is 0 Å². The summed E-state index contributed by atoms with van der Waals surface area (Å²) >= 11 is 0. The van der Waals surface area contributed by atoms with Crippen molar-refractivity contribution >= 4 is 74.8 Å². The van der Waals surface area contributed by atoms with Crippen LogP contribution < -0.4 is 46.7 Å². The van der Waals surface area contributed by atoms with E-state index in [0.717, 1.165) is 114 Å². The quantitative estimate of drug-likeness (QED) is 0.0125. The minimum Gasteiger partial charge on any atom is -0.508 e. The molecular weight excluding hydrogens is 1510 g/mol. The van der Waals surface area contributed by atoms with Crippen molar-refractivity contribution in [1.82, 2.24) is 0 Å². The highest BCUT2D eigenvalue weighted by Crippen LogP contribution is 2.25. The summed E-state index contributed by atoms with van der Waals surface area (Å²) in [6.07, 6.45) is 44.0. The monoisotopic (exact) mass is 1660 g/mol. The van der Waals surface area contributed by atoms with Crippen LogP contribution in [-0.4, -0.2) is 69.9 Å². The highest BCUT2D eigenvalue weighted by atomic mass is 16.5. The van der Waals surface area contributed by atoms with E-state index in [1.807, 2.05) is 128 Å². The first-order valence-corrected chi connectivity index (χ1v) is 44.8. The number of nitrogens with one attached hydrogen (secondary N) is 7. The van der Waals surface area contributed by atoms with Crippen LogP contribution in [0, 0.1) is 0 Å². The van der Waals surface area contributed by atoms with Crippen LogP contribution in [0.3, 0.4) is 0 Å². The molecule has 12 N–H and O–H groups in total. The van der Waals surface area contributed by atoms with Gasteiger partial charge in [0, 0.05) is 83.4 Å². The Balaban J connectivity index is 0.000000371. The normalized spacial score (nSPS) is 10.2. The lowest BCUT2D eigenvalue weighted by atomic mass is 10.0. The predicted octanol–water partition coefficient (Wildman–Crippen LogP) is 28.5. The molecule has 0 radical (unpaired) electrons. The molecule has 0 spiro atoms. The largest absolute Gasteiger partial charge is 0.508 e. The highest BCUT2D eigenvalue weighted by Gasteiger charge is 2.08. The molecule has 0 heterocycles. The first-order chi connectivity index (χ1) is 59.0. The van der Waals surface area contributed by atoms with Crippen molar-refractivity contribution in [3.8, 4) is 40.2 Å². The maximum atomic E-state index is 11.9. The van der Waals surface area contributed by atoms with E-state index in [1.54, 1.807) is 123 Å². The maximum Gasteiger partial charge on any atom is 0.224 e. The Kier molecular flexibility index (Phi) is 60.8. The van der Waals surface area contributed by atoms with Crippen LogP contribution in [0.25, 0.3) is 0 Å². The minimum absolute atomic E-state index is 0.00758. The molecule has 18 heteroatoms. The lowest BCUT2D eigenvalue weighted by molar-refractivity contribution is -0.117. The first kappa shape index (κ1) is 104. The number of carbonyl (C=O) groups excluding carboxylic acids is 4. The molecule has 9 rings (SSSR count). The van der Waals surface area contributed by atoms with Crippen molar-refractivity contribution in [2.24, 2.45) is 0 Å². The molecule has 0 aliphatic rings. The zero-order valence-electron chi connectivity index (χ0n) is 74.0. The number of hydrogen-bond acceptors (Lipinski definition) is 14. The smallest absolute Gasteiger partial charge is 0.224 e. The molecule has 121 heavy (non-hydrogen) atoms. The number of amides is 4. The Bertz CT molecular complexity index is 3890. The number of phenols is 5. The second-order valence-corrected chi connectivity index (χ2v) is 30.2. The van der Waals surface area contributed by atoms with Crippen LogP contribution in [0.15, 0.2) is 231 Å². The van der Waals surface area contributed by atoms with Gasteiger partial charge in [0.15, 0.2) is 0 Å². The van der Waals surface area contributed by atoms with Crippen molar-refractivity contribution in [1.29, 1.82) is 0 Å². The molecule has 0 saturated heterocycles. The van der Waals surface area contributed by atoms with Crippen LogP contribution in [0.5, 0.6) is 40.2 Å². The summed E-state index contributed by atoms with van der Waals surface area (Å²) < 4.78 is 10.2. The minimum atomic E-state index is 0.00758. The standard InChI is InChI=1S/C24H41NO2.C18H29NO2.C15H23NO2.C14H15NO2.C12H11N.C10H13NO2.C10H15NO/c1-2-3-4-5-6-7-8-9-10-11-12-13-14-15-16-17-24(27)25-22-18-20-23(26)21-19-22;1-2-3-4-5-6-7-8-9-10-11-18(21)19-16-12-14-17(20)15-13-16;1-2-3-4-5-6-7-8-15(18)16-13-9-11-14(17)12-10-13;1-16-13-7-3-11(4-8-13)15-12-5-9-14(17-2)10-6-12;1-3-7-11(8-4-1)13-12-9-5-2-6-10-12;1-2-3-10(13)11-8-4-6-9(12)7-5-8;1-2-3-8-11-9-4-6-10(12)7-5-9/h18-21,26H,2-17H2,1H3,(H,25,27);12-15,20H,2-11H2,1H3,(H,19,21);9-12,17H,2-8H2,1H3,(H,16,18);3-10,15H,1-2H3;1-10,13H;4-7,12H,2-3H2,1H3,(H,11,13);4-7,11-12H,2-3,8H2,1H3. The summed E-state index contributed by atoms with van der Waals surface area (Å²) in [6, 6.07) is 69.2. The molecule has 9 aromatic rings. The van der Waals surface area contributed by atoms with Gasteiger partial charge in [-0.2, -0.15) is 0 Å². The molecule has 660 valence electrons. The lowest BCUT2D eigenvalue weighted by Crippen LogP contribution is -2.10. The number of hydrogen-bond donors (Lipinski definition) is 12. The van der Waals surface area contributed by atoms with E-state index in [-0.39, 0.29) is 46.6 Å². The van der Waals surface area contributed by atoms with E-state index in [0.29, 0.717) is 31.4 Å². The number of para-hydroxylation sites is 2. The third-order valence-corrected chi connectivity index (χ3v) is 19.4. The Hall–Kier alpha value is -11.1. The fourth-order valence-electron chi connectivity index (χ4n) is 12.3. The van der Waals surface area contributed by atoms with E-state index in [4.69, 9.17) is 29.9 Å². The SMILES string of the molecule is CCCC(=O)Nc1ccc(O)cc1.CCCCCCCCC(=O)Nc1ccc(O)cc1.CCCCCCCCCCCC(=O)Nc1ccc(O)cc1.CCCCCCCCCCCCCCCCCC(=O)Nc1ccc(O)cc1.CCCCNc1ccc(O)cc1.COc1ccc(Nc2ccc(OC)cc2)cc1.c1ccc(Nc2ccccc2)cc1. The summed E-state index contributed by atoms with van der Waals surface area (Å²) in [5.74, 6) is 3.05. The zero-order valence-corrected chi connectivity index (χ0v) is 74.0. The van der Waals surface area contributed by atoms with Crippen LogP contribution in [0.1, 0.15) is 272 Å². The Morgan fingerprint density at radius 1 is 0.223 bits per heavy atom. The van der Waals surface area contributed by atoms with Gasteiger partial charge in [-0.1, -0.05) is 251 Å². The predicted molar refractivity (Wildman–Crippen MR) is 508 cm³/mol. The Labute approximate surface area is 725 Å². The van der Waals surface area contributed by atoms with Gasteiger partial charge in [0.05, 0.1) is 14.2 Å². The van der Waals surface area contributed by atoms with E-state index in [2.05, 4.69) is 64.9 Å². The van der Waals surface area contributed by atoms with E-state index in [1.165, 1.54) is 167 Å². The van der Waals surface area contributed by atoms with Crippen molar-refractivity contribution in [2.75, 3.05) is 58.0 Å². The van der Waals surface area contributed by atoms with Crippen molar-refractivity contribution < 1.29 is 54.2 Å². The molecule has 0 unspecified atom stereocenters. The summed E-state index contributed by atoms with van der Waals surface area (Å²) in [6.45, 7) is 11.8. The van der Waals surface area contributed by atoms with Crippen LogP contribution in [0.4, 0.5) is 51.2 Å². The molecule has 0 saturated carbocycles. The van der Waals surface area contributed by atoms with Gasteiger partial charge >= 0.3 is 0 Å². The number of ether oxygens (including phenoxy) is 2. The number of methoxy groups -OCH3 is 2. The van der Waals surface area contributed by atoms with Crippen molar-refractivity contribution in [3.05, 3.63) is 231 Å². The highest BCUT2D eigenvalue weighted by molar-refractivity contribution is 5.92. The number of phenolic OH excluding ortho intramolecular Hbond substituents is 5. The number of aromatic hydroxyl groups is 5. The van der Waals surface area contributed by atoms with Gasteiger partial charge in [0.25, 0.3) is 0 Å². The summed E-state index contributed by atoms with van der Waals surface area (Å²) in [5.41, 5.74) is 8.31. The molecular formula is C103H147N7O11. The van der Waals surface area contributed by atoms with Crippen LogP contribution in [0.2, 0.25) is 0 Å². The lowest BCUT2D eigenvalue weighted by Gasteiger charge is -2.08. The van der Waals surface area contributed by atoms with Crippen LogP contribution >= 0.6 is 0 Å². The Morgan fingerprint density at radius 2 is 0.430 bits per heavy atom. The van der Waals surface area contributed by atoms with Gasteiger partial charge in [0.1, 0.15) is 40.2 Å². The van der Waals surface area contributed by atoms with E-state index in [9.17, 15) is 24.3 Å². The molecule has 18 nitrogen and oxygen atoms in total. The number of anilines is 9. The summed E-state index contributed by atoms with van der Waals surface area (Å²) in [5, 5.41) is 66.6. The topological polar surface area (TPSA) is 272 Å². The second kappa shape index (κ2) is 70.7. The number of rotatable bonds is 49. The second-order valence-electron chi connectivity index (χ2n) is 30.2. The zero-order chi connectivity index (χ0) is 87.7. The number of unbranched alkanes of at least 4 members (excludes halogenated alkanes) is 28. The fraction of sp³-hybridized carbons (Fsp3) is 0.437. The molecule has 9 aromatic carbocycles. The van der Waals surface area contributed by atoms with Gasteiger partial charge in [0.2, 0.25) is 23.6 Å². The molecule has 4 amide bonds. The molecule has 0 atom stereocenters. The van der Waals surface area contributed by atoms with E-state index >= 15 is 0 Å². The van der Waals surface area contributed by atoms with Gasteiger partial charge in [-0.15, -0.1) is 0 Å². The molecule has 0 fully saturated rings. The maximum absolute atomic E-state index is 11.9. The molecule has 0 aromatic heterocycles.